The number of carbonyl (C=O) groups excluding carboxylic acids is 2. The van der Waals surface area contributed by atoms with Crippen LogP contribution in [-0.4, -0.2) is 24.9 Å². The predicted molar refractivity (Wildman–Crippen MR) is 90.6 cm³/mol. The maximum Gasteiger partial charge on any atom is 0.416 e. The fourth-order valence-electron chi connectivity index (χ4n) is 2.94. The molecule has 0 bridgehead atoms. The van der Waals surface area contributed by atoms with Gasteiger partial charge in [-0.1, -0.05) is 0 Å². The van der Waals surface area contributed by atoms with Crippen LogP contribution in [0.5, 0.6) is 0 Å². The SMILES string of the molecule is O=C(NCC1CC(=O)N(c2ccc(F)cc2)C1)c1ccc(C(F)(F)F)cc1. The molecule has 1 fully saturated rings. The molecule has 8 heteroatoms. The fraction of sp³-hybridized carbons (Fsp3) is 0.263. The van der Waals surface area contributed by atoms with E-state index in [1.807, 2.05) is 0 Å². The number of nitrogens with one attached hydrogen (secondary N) is 1. The van der Waals surface area contributed by atoms with Gasteiger partial charge >= 0.3 is 6.18 Å². The zero-order valence-corrected chi connectivity index (χ0v) is 14.1. The number of hydrogen-bond acceptors (Lipinski definition) is 2. The van der Waals surface area contributed by atoms with Crippen LogP contribution in [-0.2, 0) is 11.0 Å². The summed E-state index contributed by atoms with van der Waals surface area (Å²) in [6, 6.07) is 9.48. The molecule has 1 aliphatic heterocycles. The molecular formula is C19H16F4N2O2. The third kappa shape index (κ3) is 4.45. The molecule has 2 aromatic carbocycles. The van der Waals surface area contributed by atoms with Gasteiger partial charge in [0.15, 0.2) is 0 Å². The molecule has 142 valence electrons. The molecule has 1 atom stereocenters. The van der Waals surface area contributed by atoms with Gasteiger partial charge in [0.1, 0.15) is 5.82 Å². The molecule has 1 heterocycles. The lowest BCUT2D eigenvalue weighted by molar-refractivity contribution is -0.137. The summed E-state index contributed by atoms with van der Waals surface area (Å²) < 4.78 is 50.6. The molecule has 1 N–H and O–H groups in total. The predicted octanol–water partition coefficient (Wildman–Crippen LogP) is 3.63. The fourth-order valence-corrected chi connectivity index (χ4v) is 2.94. The summed E-state index contributed by atoms with van der Waals surface area (Å²) in [5.41, 5.74) is -0.129. The van der Waals surface area contributed by atoms with E-state index >= 15 is 0 Å². The van der Waals surface area contributed by atoms with Crippen LogP contribution in [0.3, 0.4) is 0 Å². The maximum absolute atomic E-state index is 13.0. The lowest BCUT2D eigenvalue weighted by atomic mass is 10.1. The molecule has 0 radical (unpaired) electrons. The molecule has 0 aliphatic carbocycles. The Labute approximate surface area is 152 Å². The van der Waals surface area contributed by atoms with Crippen molar-refractivity contribution in [1.29, 1.82) is 0 Å². The second-order valence-corrected chi connectivity index (χ2v) is 6.34. The van der Waals surface area contributed by atoms with Gasteiger partial charge in [0.05, 0.1) is 5.56 Å². The zero-order chi connectivity index (χ0) is 19.6. The molecule has 1 unspecified atom stereocenters. The van der Waals surface area contributed by atoms with Crippen molar-refractivity contribution in [1.82, 2.24) is 5.32 Å². The lowest BCUT2D eigenvalue weighted by Gasteiger charge is -2.17. The van der Waals surface area contributed by atoms with Crippen molar-refractivity contribution >= 4 is 17.5 Å². The van der Waals surface area contributed by atoms with Crippen LogP contribution in [0.1, 0.15) is 22.3 Å². The number of anilines is 1. The molecule has 2 aromatic rings. The zero-order valence-electron chi connectivity index (χ0n) is 14.1. The Morgan fingerprint density at radius 3 is 2.30 bits per heavy atom. The van der Waals surface area contributed by atoms with Gasteiger partial charge in [-0.15, -0.1) is 0 Å². The molecule has 0 spiro atoms. The highest BCUT2D eigenvalue weighted by molar-refractivity contribution is 5.96. The van der Waals surface area contributed by atoms with E-state index in [2.05, 4.69) is 5.32 Å². The van der Waals surface area contributed by atoms with Crippen LogP contribution < -0.4 is 10.2 Å². The second-order valence-electron chi connectivity index (χ2n) is 6.34. The molecule has 3 rings (SSSR count). The summed E-state index contributed by atoms with van der Waals surface area (Å²) in [5, 5.41) is 2.64. The van der Waals surface area contributed by atoms with Crippen LogP contribution in [0.2, 0.25) is 0 Å². The van der Waals surface area contributed by atoms with Crippen LogP contribution in [0.25, 0.3) is 0 Å². The van der Waals surface area contributed by atoms with Crippen molar-refractivity contribution in [3.63, 3.8) is 0 Å². The van der Waals surface area contributed by atoms with Gasteiger partial charge in [-0.25, -0.2) is 4.39 Å². The Kier molecular flexibility index (Phi) is 5.16. The van der Waals surface area contributed by atoms with E-state index in [9.17, 15) is 27.2 Å². The summed E-state index contributed by atoms with van der Waals surface area (Å²) >= 11 is 0. The van der Waals surface area contributed by atoms with Gasteiger partial charge in [-0.2, -0.15) is 13.2 Å². The number of carbonyl (C=O) groups is 2. The highest BCUT2D eigenvalue weighted by Gasteiger charge is 2.32. The van der Waals surface area contributed by atoms with E-state index < -0.39 is 23.5 Å². The van der Waals surface area contributed by atoms with Crippen molar-refractivity contribution in [3.8, 4) is 0 Å². The summed E-state index contributed by atoms with van der Waals surface area (Å²) in [4.78, 5) is 25.8. The number of halogens is 4. The van der Waals surface area contributed by atoms with E-state index in [-0.39, 0.29) is 30.4 Å². The Bertz CT molecular complexity index is 832. The van der Waals surface area contributed by atoms with Gasteiger partial charge in [-0.3, -0.25) is 9.59 Å². The van der Waals surface area contributed by atoms with E-state index in [1.54, 1.807) is 0 Å². The Morgan fingerprint density at radius 2 is 1.70 bits per heavy atom. The summed E-state index contributed by atoms with van der Waals surface area (Å²) in [5.74, 6) is -1.17. The van der Waals surface area contributed by atoms with Gasteiger partial charge in [0, 0.05) is 36.7 Å². The average molecular weight is 380 g/mol. The topological polar surface area (TPSA) is 49.4 Å². The highest BCUT2D eigenvalue weighted by atomic mass is 19.4. The van der Waals surface area contributed by atoms with E-state index in [0.717, 1.165) is 24.3 Å². The molecule has 1 aliphatic rings. The van der Waals surface area contributed by atoms with Gasteiger partial charge < -0.3 is 10.2 Å². The van der Waals surface area contributed by atoms with Crippen molar-refractivity contribution < 1.29 is 27.2 Å². The number of benzene rings is 2. The van der Waals surface area contributed by atoms with Crippen molar-refractivity contribution in [3.05, 3.63) is 65.5 Å². The maximum atomic E-state index is 13.0. The molecule has 1 saturated heterocycles. The molecule has 4 nitrogen and oxygen atoms in total. The molecule has 0 aromatic heterocycles. The highest BCUT2D eigenvalue weighted by Crippen LogP contribution is 2.29. The smallest absolute Gasteiger partial charge is 0.352 e. The largest absolute Gasteiger partial charge is 0.416 e. The first kappa shape index (κ1) is 18.9. The quantitative estimate of drug-likeness (QED) is 0.824. The summed E-state index contributed by atoms with van der Waals surface area (Å²) in [7, 11) is 0. The number of hydrogen-bond donors (Lipinski definition) is 1. The van der Waals surface area contributed by atoms with Gasteiger partial charge in [-0.05, 0) is 48.5 Å². The van der Waals surface area contributed by atoms with E-state index in [1.165, 1.54) is 29.2 Å². The minimum atomic E-state index is -4.46. The first-order chi connectivity index (χ1) is 12.7. The Morgan fingerprint density at radius 1 is 1.07 bits per heavy atom. The van der Waals surface area contributed by atoms with Gasteiger partial charge in [0.25, 0.3) is 5.91 Å². The Balaban J connectivity index is 1.56. The summed E-state index contributed by atoms with van der Waals surface area (Å²) in [6.07, 6.45) is -4.23. The van der Waals surface area contributed by atoms with Gasteiger partial charge in [0.2, 0.25) is 5.91 Å². The third-order valence-corrected chi connectivity index (χ3v) is 4.37. The molecule has 27 heavy (non-hydrogen) atoms. The van der Waals surface area contributed by atoms with Crippen LogP contribution in [0, 0.1) is 11.7 Å². The minimum absolute atomic E-state index is 0.114. The molecule has 2 amide bonds. The van der Waals surface area contributed by atoms with E-state index in [4.69, 9.17) is 0 Å². The van der Waals surface area contributed by atoms with Crippen molar-refractivity contribution in [2.45, 2.75) is 12.6 Å². The first-order valence-electron chi connectivity index (χ1n) is 8.25. The monoisotopic (exact) mass is 380 g/mol. The number of nitrogens with zero attached hydrogens (tertiary/aromatic N) is 1. The van der Waals surface area contributed by atoms with E-state index in [0.29, 0.717) is 12.2 Å². The van der Waals surface area contributed by atoms with Crippen molar-refractivity contribution in [2.24, 2.45) is 5.92 Å². The molecular weight excluding hydrogens is 364 g/mol. The van der Waals surface area contributed by atoms with Crippen LogP contribution >= 0.6 is 0 Å². The van der Waals surface area contributed by atoms with Crippen molar-refractivity contribution in [2.75, 3.05) is 18.0 Å². The second kappa shape index (κ2) is 7.38. The molecule has 0 saturated carbocycles. The normalized spacial score (nSPS) is 17.3. The van der Waals surface area contributed by atoms with Crippen LogP contribution in [0.4, 0.5) is 23.2 Å². The number of alkyl halides is 3. The summed E-state index contributed by atoms with van der Waals surface area (Å²) in [6.45, 7) is 0.584. The Hall–Kier alpha value is -2.90. The lowest BCUT2D eigenvalue weighted by Crippen LogP contribution is -2.31. The third-order valence-electron chi connectivity index (χ3n) is 4.37. The van der Waals surface area contributed by atoms with Crippen LogP contribution in [0.15, 0.2) is 48.5 Å². The number of rotatable bonds is 4. The standard InChI is InChI=1S/C19H16F4N2O2/c20-15-5-7-16(8-6-15)25-11-12(9-17(25)26)10-24-18(27)13-1-3-14(4-2-13)19(21,22)23/h1-8,12H,9-11H2,(H,24,27). The average Bonchev–Trinajstić information content (AvgIpc) is 3.00. The first-order valence-corrected chi connectivity index (χ1v) is 8.25. The number of amides is 2. The minimum Gasteiger partial charge on any atom is -0.352 e.